The highest BCUT2D eigenvalue weighted by molar-refractivity contribution is 7.90. The lowest BCUT2D eigenvalue weighted by molar-refractivity contribution is -0.122. The van der Waals surface area contributed by atoms with Gasteiger partial charge in [0.25, 0.3) is 0 Å². The van der Waals surface area contributed by atoms with Gasteiger partial charge in [-0.05, 0) is 24.2 Å². The second-order valence-electron chi connectivity index (χ2n) is 5.66. The van der Waals surface area contributed by atoms with Crippen molar-refractivity contribution in [1.29, 1.82) is 0 Å². The Morgan fingerprint density at radius 3 is 2.47 bits per heavy atom. The van der Waals surface area contributed by atoms with Gasteiger partial charge in [0.05, 0.1) is 11.8 Å². The molecule has 0 bridgehead atoms. The van der Waals surface area contributed by atoms with Crippen molar-refractivity contribution in [3.05, 3.63) is 0 Å². The topological polar surface area (TPSA) is 89.3 Å². The van der Waals surface area contributed by atoms with Crippen LogP contribution >= 0.6 is 0 Å². The van der Waals surface area contributed by atoms with Crippen molar-refractivity contribution in [1.82, 2.24) is 5.32 Å². The molecule has 5 nitrogen and oxygen atoms in total. The van der Waals surface area contributed by atoms with E-state index < -0.39 is 15.9 Å². The lowest BCUT2D eigenvalue weighted by Crippen LogP contribution is -2.42. The van der Waals surface area contributed by atoms with Crippen LogP contribution in [0.2, 0.25) is 0 Å². The highest BCUT2D eigenvalue weighted by atomic mass is 32.2. The van der Waals surface area contributed by atoms with Crippen LogP contribution in [0.5, 0.6) is 0 Å². The maximum Gasteiger partial charge on any atom is 0.236 e. The van der Waals surface area contributed by atoms with E-state index in [1.807, 2.05) is 0 Å². The van der Waals surface area contributed by atoms with Crippen LogP contribution < -0.4 is 11.1 Å². The third-order valence-corrected chi connectivity index (χ3v) is 4.35. The van der Waals surface area contributed by atoms with E-state index in [1.54, 1.807) is 0 Å². The molecule has 1 fully saturated rings. The van der Waals surface area contributed by atoms with Gasteiger partial charge in [-0.15, -0.1) is 0 Å². The average Bonchev–Trinajstić information content (AvgIpc) is 2.78. The molecule has 1 rings (SSSR count). The largest absolute Gasteiger partial charge is 0.354 e. The number of carbonyl (C=O) groups excluding carboxylic acids is 1. The lowest BCUT2D eigenvalue weighted by Gasteiger charge is -2.12. The smallest absolute Gasteiger partial charge is 0.236 e. The highest BCUT2D eigenvalue weighted by Gasteiger charge is 2.45. The Kier molecular flexibility index (Phi) is 4.19. The van der Waals surface area contributed by atoms with Crippen LogP contribution in [0.1, 0.15) is 26.7 Å². The molecule has 0 saturated heterocycles. The van der Waals surface area contributed by atoms with Crippen molar-refractivity contribution in [2.24, 2.45) is 17.1 Å². The number of rotatable bonds is 6. The Morgan fingerprint density at radius 2 is 2.06 bits per heavy atom. The van der Waals surface area contributed by atoms with Crippen LogP contribution in [-0.4, -0.2) is 38.9 Å². The van der Waals surface area contributed by atoms with Gasteiger partial charge in [-0.25, -0.2) is 8.42 Å². The summed E-state index contributed by atoms with van der Waals surface area (Å²) in [6.45, 7) is 4.96. The van der Waals surface area contributed by atoms with Gasteiger partial charge < -0.3 is 11.1 Å². The van der Waals surface area contributed by atoms with Crippen molar-refractivity contribution in [2.45, 2.75) is 32.7 Å². The van der Waals surface area contributed by atoms with Crippen molar-refractivity contribution in [3.8, 4) is 0 Å². The van der Waals surface area contributed by atoms with E-state index in [0.29, 0.717) is 17.9 Å². The Labute approximate surface area is 103 Å². The predicted octanol–water partition coefficient (Wildman–Crippen LogP) is -0.0893. The van der Waals surface area contributed by atoms with Gasteiger partial charge in [0.1, 0.15) is 9.84 Å². The maximum atomic E-state index is 11.6. The number of carbonyl (C=O) groups is 1. The minimum atomic E-state index is -3.05. The number of hydrogen-bond donors (Lipinski definition) is 2. The summed E-state index contributed by atoms with van der Waals surface area (Å²) in [5, 5.41) is 2.78. The second kappa shape index (κ2) is 4.94. The Balaban J connectivity index is 2.23. The number of hydrogen-bond acceptors (Lipinski definition) is 4. The molecular formula is C11H22N2O3S. The molecule has 2 atom stereocenters. The molecule has 1 amide bonds. The fourth-order valence-corrected chi connectivity index (χ4v) is 2.43. The summed E-state index contributed by atoms with van der Waals surface area (Å²) in [5.74, 6) is 0.223. The first-order chi connectivity index (χ1) is 7.62. The average molecular weight is 262 g/mol. The van der Waals surface area contributed by atoms with E-state index in [0.717, 1.165) is 12.7 Å². The summed E-state index contributed by atoms with van der Waals surface area (Å²) in [7, 11) is -3.05. The first kappa shape index (κ1) is 14.4. The molecule has 0 aliphatic heterocycles. The van der Waals surface area contributed by atoms with Crippen LogP contribution in [0.25, 0.3) is 0 Å². The summed E-state index contributed by atoms with van der Waals surface area (Å²) >= 11 is 0. The molecule has 2 unspecified atom stereocenters. The van der Waals surface area contributed by atoms with Crippen molar-refractivity contribution in [2.75, 3.05) is 18.6 Å². The molecule has 6 heteroatoms. The first-order valence-electron chi connectivity index (χ1n) is 5.83. The highest BCUT2D eigenvalue weighted by Crippen LogP contribution is 2.50. The predicted molar refractivity (Wildman–Crippen MR) is 67.2 cm³/mol. The normalized spacial score (nSPS) is 24.1. The van der Waals surface area contributed by atoms with E-state index in [1.165, 1.54) is 0 Å². The van der Waals surface area contributed by atoms with Crippen molar-refractivity contribution in [3.63, 3.8) is 0 Å². The minimum Gasteiger partial charge on any atom is -0.354 e. The molecule has 1 aliphatic rings. The molecule has 0 spiro atoms. The van der Waals surface area contributed by atoms with Crippen LogP contribution in [0.15, 0.2) is 0 Å². The van der Waals surface area contributed by atoms with E-state index in [9.17, 15) is 13.2 Å². The molecule has 0 heterocycles. The van der Waals surface area contributed by atoms with Gasteiger partial charge in [0.2, 0.25) is 5.91 Å². The van der Waals surface area contributed by atoms with E-state index in [2.05, 4.69) is 19.2 Å². The number of amides is 1. The van der Waals surface area contributed by atoms with Crippen LogP contribution in [0.3, 0.4) is 0 Å². The molecule has 0 aromatic rings. The summed E-state index contributed by atoms with van der Waals surface area (Å²) in [4.78, 5) is 11.6. The quantitative estimate of drug-likeness (QED) is 0.700. The zero-order chi connectivity index (χ0) is 13.3. The number of nitrogens with two attached hydrogens (primary N) is 1. The molecule has 0 radical (unpaired) electrons. The second-order valence-corrected chi connectivity index (χ2v) is 7.92. The monoisotopic (exact) mass is 262 g/mol. The van der Waals surface area contributed by atoms with Gasteiger partial charge >= 0.3 is 0 Å². The van der Waals surface area contributed by atoms with Gasteiger partial charge in [-0.2, -0.15) is 0 Å². The van der Waals surface area contributed by atoms with E-state index in [-0.39, 0.29) is 18.1 Å². The fourth-order valence-electron chi connectivity index (χ4n) is 1.75. The zero-order valence-electron chi connectivity index (χ0n) is 10.7. The van der Waals surface area contributed by atoms with Gasteiger partial charge in [0.15, 0.2) is 0 Å². The summed E-state index contributed by atoms with van der Waals surface area (Å²) in [6.07, 6.45) is 2.44. The molecule has 1 aliphatic carbocycles. The standard InChI is InChI=1S/C11H22N2O3S/c1-11(2)6-8(11)7-13-10(14)9(12)4-5-17(3,15)16/h8-9H,4-7,12H2,1-3H3,(H,13,14). The summed E-state index contributed by atoms with van der Waals surface area (Å²) < 4.78 is 21.9. The van der Waals surface area contributed by atoms with Gasteiger partial charge in [-0.3, -0.25) is 4.79 Å². The fraction of sp³-hybridized carbons (Fsp3) is 0.909. The summed E-state index contributed by atoms with van der Waals surface area (Å²) in [5.41, 5.74) is 5.95. The number of nitrogens with one attached hydrogen (secondary N) is 1. The molecule has 0 aromatic heterocycles. The van der Waals surface area contributed by atoms with Crippen molar-refractivity contribution >= 4 is 15.7 Å². The Morgan fingerprint density at radius 1 is 1.53 bits per heavy atom. The Bertz CT molecular complexity index is 390. The van der Waals surface area contributed by atoms with E-state index >= 15 is 0 Å². The third-order valence-electron chi connectivity index (χ3n) is 3.38. The van der Waals surface area contributed by atoms with Crippen LogP contribution in [0.4, 0.5) is 0 Å². The van der Waals surface area contributed by atoms with Crippen LogP contribution in [-0.2, 0) is 14.6 Å². The number of sulfone groups is 1. The molecule has 0 aromatic carbocycles. The Hall–Kier alpha value is -0.620. The molecule has 100 valence electrons. The van der Waals surface area contributed by atoms with Crippen molar-refractivity contribution < 1.29 is 13.2 Å². The SMILES string of the molecule is CC1(C)CC1CNC(=O)C(N)CCS(C)(=O)=O. The van der Waals surface area contributed by atoms with E-state index in [4.69, 9.17) is 5.73 Å². The van der Waals surface area contributed by atoms with Gasteiger partial charge in [-0.1, -0.05) is 13.8 Å². The van der Waals surface area contributed by atoms with Gasteiger partial charge in [0, 0.05) is 12.8 Å². The molecule has 1 saturated carbocycles. The zero-order valence-corrected chi connectivity index (χ0v) is 11.5. The molecular weight excluding hydrogens is 240 g/mol. The summed E-state index contributed by atoms with van der Waals surface area (Å²) in [6, 6.07) is -0.730. The maximum absolute atomic E-state index is 11.6. The minimum absolute atomic E-state index is 0.0451. The third kappa shape index (κ3) is 5.04. The molecule has 3 N–H and O–H groups in total. The van der Waals surface area contributed by atoms with Crippen LogP contribution in [0, 0.1) is 11.3 Å². The lowest BCUT2D eigenvalue weighted by atomic mass is 10.1. The first-order valence-corrected chi connectivity index (χ1v) is 7.89. The molecule has 17 heavy (non-hydrogen) atoms.